The maximum Gasteiger partial charge on any atom is 0.408 e. The van der Waals surface area contributed by atoms with E-state index in [9.17, 15) is 24.0 Å². The smallest absolute Gasteiger partial charge is 0.408 e. The van der Waals surface area contributed by atoms with E-state index >= 15 is 0 Å². The molecule has 36 heavy (non-hydrogen) atoms. The number of ether oxygens (including phenoxy) is 2. The lowest BCUT2D eigenvalue weighted by atomic mass is 10.00. The third-order valence-electron chi connectivity index (χ3n) is 4.84. The maximum absolute atomic E-state index is 12.9. The summed E-state index contributed by atoms with van der Waals surface area (Å²) in [6.07, 6.45) is 1.79. The molecule has 3 atom stereocenters. The topological polar surface area (TPSA) is 152 Å². The van der Waals surface area contributed by atoms with E-state index in [2.05, 4.69) is 21.3 Å². The van der Waals surface area contributed by atoms with E-state index in [1.807, 2.05) is 20.1 Å². The quantitative estimate of drug-likeness (QED) is 0.262. The van der Waals surface area contributed by atoms with Crippen molar-refractivity contribution in [1.29, 1.82) is 0 Å². The van der Waals surface area contributed by atoms with Gasteiger partial charge in [-0.3, -0.25) is 14.4 Å². The van der Waals surface area contributed by atoms with Gasteiger partial charge in [0, 0.05) is 0 Å². The third kappa shape index (κ3) is 13.0. The fraction of sp³-hybridized carbons (Fsp3) is 0.792. The number of carbonyl (C=O) groups excluding carboxylic acids is 5. The molecule has 11 nitrogen and oxygen atoms in total. The predicted molar refractivity (Wildman–Crippen MR) is 139 cm³/mol. The van der Waals surface area contributed by atoms with Crippen LogP contribution in [0.15, 0.2) is 0 Å². The van der Waals surface area contributed by atoms with Gasteiger partial charge in [0.05, 0.1) is 7.11 Å². The number of alkyl carbamates (subject to hydrolysis) is 1. The Bertz CT molecular complexity index is 781. The van der Waals surface area contributed by atoms with Gasteiger partial charge in [0.2, 0.25) is 17.7 Å². The number of methoxy groups -OCH3 is 1. The minimum absolute atomic E-state index is 0.0566. The van der Waals surface area contributed by atoms with E-state index in [0.717, 1.165) is 0 Å². The van der Waals surface area contributed by atoms with Gasteiger partial charge in [-0.1, -0.05) is 13.8 Å². The first kappa shape index (κ1) is 33.5. The summed E-state index contributed by atoms with van der Waals surface area (Å²) in [5.41, 5.74) is -2.02. The minimum atomic E-state index is -1.29. The maximum atomic E-state index is 12.9. The first-order valence-corrected chi connectivity index (χ1v) is 13.3. The van der Waals surface area contributed by atoms with Crippen molar-refractivity contribution in [3.63, 3.8) is 0 Å². The summed E-state index contributed by atoms with van der Waals surface area (Å²) in [5, 5.41) is 10.4. The van der Waals surface area contributed by atoms with Crippen molar-refractivity contribution < 1.29 is 33.4 Å². The van der Waals surface area contributed by atoms with Crippen molar-refractivity contribution in [2.24, 2.45) is 5.92 Å². The lowest BCUT2D eigenvalue weighted by Gasteiger charge is -2.28. The van der Waals surface area contributed by atoms with Crippen LogP contribution >= 0.6 is 11.8 Å². The molecule has 0 saturated heterocycles. The molecule has 4 N–H and O–H groups in total. The average Bonchev–Trinajstić information content (AvgIpc) is 2.73. The Kier molecular flexibility index (Phi) is 13.9. The molecule has 0 bridgehead atoms. The third-order valence-corrected chi connectivity index (χ3v) is 5.49. The zero-order valence-electron chi connectivity index (χ0n) is 23.2. The van der Waals surface area contributed by atoms with Crippen LogP contribution in [0.5, 0.6) is 0 Å². The first-order valence-electron chi connectivity index (χ1n) is 11.9. The van der Waals surface area contributed by atoms with Gasteiger partial charge in [-0.25, -0.2) is 9.59 Å². The van der Waals surface area contributed by atoms with E-state index in [0.29, 0.717) is 18.6 Å². The molecule has 0 aliphatic carbocycles. The molecular formula is C24H44N4O7S. The molecule has 0 heterocycles. The largest absolute Gasteiger partial charge is 0.467 e. The van der Waals surface area contributed by atoms with Crippen LogP contribution in [0.3, 0.4) is 0 Å². The summed E-state index contributed by atoms with van der Waals surface area (Å²) in [4.78, 5) is 62.7. The Morgan fingerprint density at radius 2 is 1.42 bits per heavy atom. The van der Waals surface area contributed by atoms with Gasteiger partial charge in [-0.05, 0) is 72.3 Å². The first-order chi connectivity index (χ1) is 16.4. The molecule has 0 saturated carbocycles. The van der Waals surface area contributed by atoms with Crippen molar-refractivity contribution in [2.45, 2.75) is 97.5 Å². The Hall–Kier alpha value is -2.50. The molecule has 0 rings (SSSR count). The van der Waals surface area contributed by atoms with Crippen LogP contribution in [-0.4, -0.2) is 78.2 Å². The van der Waals surface area contributed by atoms with E-state index in [1.165, 1.54) is 39.6 Å². The Labute approximate surface area is 218 Å². The number of hydrogen-bond donors (Lipinski definition) is 4. The van der Waals surface area contributed by atoms with Crippen LogP contribution in [0.2, 0.25) is 0 Å². The van der Waals surface area contributed by atoms with Gasteiger partial charge in [-0.15, -0.1) is 0 Å². The molecule has 0 unspecified atom stereocenters. The SMILES string of the molecule is COC(=O)C(C)(C)NC(=O)[C@H](CC(C)C)NC(=O)[C@H](C)NC(=O)[C@H](CCSC)NC(=O)OC(C)(C)C. The zero-order chi connectivity index (χ0) is 28.3. The van der Waals surface area contributed by atoms with E-state index in [-0.39, 0.29) is 5.92 Å². The van der Waals surface area contributed by atoms with E-state index in [4.69, 9.17) is 9.47 Å². The van der Waals surface area contributed by atoms with Crippen LogP contribution in [-0.2, 0) is 28.7 Å². The van der Waals surface area contributed by atoms with Crippen molar-refractivity contribution in [3.05, 3.63) is 0 Å². The summed E-state index contributed by atoms with van der Waals surface area (Å²) in [6.45, 7) is 13.4. The normalized spacial score (nSPS) is 14.2. The van der Waals surface area contributed by atoms with Gasteiger partial charge in [-0.2, -0.15) is 11.8 Å². The molecular weight excluding hydrogens is 488 g/mol. The lowest BCUT2D eigenvalue weighted by Crippen LogP contribution is -2.59. The molecule has 0 spiro atoms. The van der Waals surface area contributed by atoms with Crippen molar-refractivity contribution in [3.8, 4) is 0 Å². The molecule has 4 amide bonds. The van der Waals surface area contributed by atoms with E-state index in [1.54, 1.807) is 20.8 Å². The van der Waals surface area contributed by atoms with Crippen LogP contribution in [0.1, 0.15) is 68.2 Å². The average molecular weight is 533 g/mol. The van der Waals surface area contributed by atoms with Crippen LogP contribution in [0.4, 0.5) is 4.79 Å². The highest BCUT2D eigenvalue weighted by atomic mass is 32.2. The monoisotopic (exact) mass is 532 g/mol. The fourth-order valence-corrected chi connectivity index (χ4v) is 3.51. The van der Waals surface area contributed by atoms with E-state index < -0.39 is 59.0 Å². The summed E-state index contributed by atoms with van der Waals surface area (Å²) >= 11 is 1.51. The zero-order valence-corrected chi connectivity index (χ0v) is 24.0. The number of rotatable bonds is 13. The van der Waals surface area contributed by atoms with Gasteiger partial charge in [0.15, 0.2) is 0 Å². The number of esters is 1. The molecule has 12 heteroatoms. The van der Waals surface area contributed by atoms with Gasteiger partial charge in [0.25, 0.3) is 0 Å². The molecule has 208 valence electrons. The van der Waals surface area contributed by atoms with Crippen molar-refractivity contribution in [2.75, 3.05) is 19.1 Å². The molecule has 0 aliphatic heterocycles. The Balaban J connectivity index is 5.35. The predicted octanol–water partition coefficient (Wildman–Crippen LogP) is 1.74. The molecule has 0 aromatic carbocycles. The van der Waals surface area contributed by atoms with Crippen LogP contribution < -0.4 is 21.3 Å². The van der Waals surface area contributed by atoms with Crippen LogP contribution in [0, 0.1) is 5.92 Å². The molecule has 0 aromatic heterocycles. The highest BCUT2D eigenvalue weighted by molar-refractivity contribution is 7.98. The summed E-state index contributed by atoms with van der Waals surface area (Å²) in [5.74, 6) is -1.65. The molecule has 0 radical (unpaired) electrons. The Morgan fingerprint density at radius 1 is 0.833 bits per heavy atom. The van der Waals surface area contributed by atoms with Crippen LogP contribution in [0.25, 0.3) is 0 Å². The molecule has 0 aliphatic rings. The van der Waals surface area contributed by atoms with Gasteiger partial charge >= 0.3 is 12.1 Å². The molecule has 0 aromatic rings. The standard InChI is InChI=1S/C24H44N4O7S/c1-14(2)13-17(20(31)28-24(7,8)21(32)34-9)26-18(29)15(3)25-19(30)16(11-12-36-10)27-22(33)35-23(4,5)6/h14-17H,11-13H2,1-10H3,(H,25,30)(H,26,29)(H,27,33)(H,28,31)/t15-,16-,17-/m0/s1. The summed E-state index contributed by atoms with van der Waals surface area (Å²) in [7, 11) is 1.22. The Morgan fingerprint density at radius 3 is 1.89 bits per heavy atom. The second-order valence-corrected chi connectivity index (χ2v) is 11.5. The second kappa shape index (κ2) is 14.9. The van der Waals surface area contributed by atoms with Crippen molar-refractivity contribution >= 4 is 41.5 Å². The van der Waals surface area contributed by atoms with Crippen molar-refractivity contribution in [1.82, 2.24) is 21.3 Å². The number of amides is 4. The minimum Gasteiger partial charge on any atom is -0.467 e. The number of thioether (sulfide) groups is 1. The second-order valence-electron chi connectivity index (χ2n) is 10.5. The molecule has 0 fully saturated rings. The van der Waals surface area contributed by atoms with Gasteiger partial charge < -0.3 is 30.7 Å². The van der Waals surface area contributed by atoms with Gasteiger partial charge in [0.1, 0.15) is 29.3 Å². The number of hydrogen-bond acceptors (Lipinski definition) is 8. The highest BCUT2D eigenvalue weighted by Crippen LogP contribution is 2.11. The highest BCUT2D eigenvalue weighted by Gasteiger charge is 2.34. The number of nitrogens with one attached hydrogen (secondary N) is 4. The fourth-order valence-electron chi connectivity index (χ4n) is 3.03. The lowest BCUT2D eigenvalue weighted by molar-refractivity contribution is -0.149. The summed E-state index contributed by atoms with van der Waals surface area (Å²) in [6, 6.07) is -2.84. The summed E-state index contributed by atoms with van der Waals surface area (Å²) < 4.78 is 9.95. The number of carbonyl (C=O) groups is 5.